The van der Waals surface area contributed by atoms with Crippen molar-refractivity contribution in [3.63, 3.8) is 0 Å². The van der Waals surface area contributed by atoms with E-state index < -0.39 is 15.9 Å². The highest BCUT2D eigenvalue weighted by molar-refractivity contribution is 7.89. The van der Waals surface area contributed by atoms with Gasteiger partial charge in [0.2, 0.25) is 10.0 Å². The third kappa shape index (κ3) is 4.51. The van der Waals surface area contributed by atoms with Crippen LogP contribution in [0.3, 0.4) is 0 Å². The Bertz CT molecular complexity index is 1290. The first-order valence-electron chi connectivity index (χ1n) is 9.89. The monoisotopic (exact) mass is 460 g/mol. The van der Waals surface area contributed by atoms with Gasteiger partial charge in [-0.2, -0.15) is 4.31 Å². The van der Waals surface area contributed by atoms with Crippen LogP contribution in [0.15, 0.2) is 62.6 Å². The number of carbonyl (C=O) groups excluding carboxylic acids is 1. The first-order chi connectivity index (χ1) is 14.7. The minimum absolute atomic E-state index is 0.154. The Morgan fingerprint density at radius 2 is 1.77 bits per heavy atom. The summed E-state index contributed by atoms with van der Waals surface area (Å²) in [5.41, 5.74) is 0.251. The van der Waals surface area contributed by atoms with Gasteiger partial charge in [-0.15, -0.1) is 0 Å². The lowest BCUT2D eigenvalue weighted by molar-refractivity contribution is 0.0997. The maximum absolute atomic E-state index is 12.8. The fraction of sp³-hybridized carbons (Fsp3) is 0.273. The molecular weight excluding hydrogens is 440 g/mol. The van der Waals surface area contributed by atoms with E-state index in [9.17, 15) is 18.0 Å². The second-order valence-electron chi connectivity index (χ2n) is 7.68. The SMILES string of the molecule is CC1CCN(S(=O)(=O)c2ccc(NC(=O)c3cc(=O)c4cc(Cl)ccc4o3)cc2)CC1. The standard InChI is InChI=1S/C22H21ClN2O5S/c1-14-8-10-25(11-9-14)31(28,29)17-5-3-16(4-6-17)24-22(27)21-13-19(26)18-12-15(23)2-7-20(18)30-21/h2-7,12-14H,8-11H2,1H3,(H,24,27). The first kappa shape index (κ1) is 21.5. The molecule has 1 saturated heterocycles. The van der Waals surface area contributed by atoms with Crippen LogP contribution in [0.5, 0.6) is 0 Å². The van der Waals surface area contributed by atoms with Gasteiger partial charge in [-0.1, -0.05) is 18.5 Å². The third-order valence-electron chi connectivity index (χ3n) is 5.41. The molecule has 0 atom stereocenters. The highest BCUT2D eigenvalue weighted by Crippen LogP contribution is 2.25. The molecule has 0 bridgehead atoms. The lowest BCUT2D eigenvalue weighted by atomic mass is 10.0. The minimum atomic E-state index is -3.57. The van der Waals surface area contributed by atoms with Gasteiger partial charge in [-0.25, -0.2) is 8.42 Å². The zero-order chi connectivity index (χ0) is 22.2. The number of carbonyl (C=O) groups is 1. The normalized spacial score (nSPS) is 15.8. The maximum atomic E-state index is 12.8. The van der Waals surface area contributed by atoms with Crippen molar-refractivity contribution >= 4 is 44.2 Å². The lowest BCUT2D eigenvalue weighted by Crippen LogP contribution is -2.37. The fourth-order valence-corrected chi connectivity index (χ4v) is 5.16. The van der Waals surface area contributed by atoms with E-state index in [4.69, 9.17) is 16.0 Å². The smallest absolute Gasteiger partial charge is 0.291 e. The van der Waals surface area contributed by atoms with Gasteiger partial charge in [0, 0.05) is 29.9 Å². The van der Waals surface area contributed by atoms with Crippen LogP contribution in [0.25, 0.3) is 11.0 Å². The van der Waals surface area contributed by atoms with E-state index in [0.29, 0.717) is 29.7 Å². The Morgan fingerprint density at radius 1 is 1.10 bits per heavy atom. The molecule has 1 aliphatic heterocycles. The van der Waals surface area contributed by atoms with Crippen molar-refractivity contribution in [3.05, 3.63) is 69.5 Å². The van der Waals surface area contributed by atoms with Crippen molar-refractivity contribution in [2.24, 2.45) is 5.92 Å². The molecule has 1 fully saturated rings. The Kier molecular flexibility index (Phi) is 5.88. The maximum Gasteiger partial charge on any atom is 0.291 e. The van der Waals surface area contributed by atoms with E-state index >= 15 is 0 Å². The molecule has 0 spiro atoms. The summed E-state index contributed by atoms with van der Waals surface area (Å²) >= 11 is 5.90. The number of anilines is 1. The highest BCUT2D eigenvalue weighted by atomic mass is 35.5. The number of fused-ring (bicyclic) bond motifs is 1. The predicted molar refractivity (Wildman–Crippen MR) is 119 cm³/mol. The molecule has 0 unspecified atom stereocenters. The molecule has 2 aromatic carbocycles. The molecular formula is C22H21ClN2O5S. The Labute approximate surface area is 184 Å². The van der Waals surface area contributed by atoms with Crippen LogP contribution in [0.2, 0.25) is 5.02 Å². The molecule has 9 heteroatoms. The summed E-state index contributed by atoms with van der Waals surface area (Å²) in [6.45, 7) is 3.14. The predicted octanol–water partition coefficient (Wildman–Crippen LogP) is 4.12. The molecule has 0 saturated carbocycles. The van der Waals surface area contributed by atoms with Gasteiger partial charge in [0.1, 0.15) is 5.58 Å². The third-order valence-corrected chi connectivity index (χ3v) is 7.55. The zero-order valence-corrected chi connectivity index (χ0v) is 18.4. The van der Waals surface area contributed by atoms with Gasteiger partial charge >= 0.3 is 0 Å². The van der Waals surface area contributed by atoms with E-state index in [-0.39, 0.29) is 27.1 Å². The van der Waals surface area contributed by atoms with Gasteiger partial charge < -0.3 is 9.73 Å². The summed E-state index contributed by atoms with van der Waals surface area (Å²) in [5.74, 6) is -0.246. The Balaban J connectivity index is 1.51. The van der Waals surface area contributed by atoms with Crippen LogP contribution in [-0.2, 0) is 10.0 Å². The second kappa shape index (κ2) is 8.45. The van der Waals surface area contributed by atoms with Crippen LogP contribution in [0, 0.1) is 5.92 Å². The minimum Gasteiger partial charge on any atom is -0.451 e. The van der Waals surface area contributed by atoms with Gasteiger partial charge in [-0.05, 0) is 61.2 Å². The van der Waals surface area contributed by atoms with E-state index in [1.165, 1.54) is 40.7 Å². The van der Waals surface area contributed by atoms with Crippen LogP contribution in [-0.4, -0.2) is 31.7 Å². The summed E-state index contributed by atoms with van der Waals surface area (Å²) in [6, 6.07) is 11.6. The number of nitrogens with one attached hydrogen (secondary N) is 1. The number of hydrogen-bond donors (Lipinski definition) is 1. The van der Waals surface area contributed by atoms with Crippen molar-refractivity contribution < 1.29 is 17.6 Å². The molecule has 1 aromatic heterocycles. The Morgan fingerprint density at radius 3 is 2.45 bits per heavy atom. The summed E-state index contributed by atoms with van der Waals surface area (Å²) < 4.78 is 32.6. The molecule has 4 rings (SSSR count). The van der Waals surface area contributed by atoms with Crippen LogP contribution in [0.1, 0.15) is 30.3 Å². The second-order valence-corrected chi connectivity index (χ2v) is 10.1. The summed E-state index contributed by atoms with van der Waals surface area (Å²) in [7, 11) is -3.57. The summed E-state index contributed by atoms with van der Waals surface area (Å²) in [4.78, 5) is 25.0. The van der Waals surface area contributed by atoms with Gasteiger partial charge in [0.15, 0.2) is 11.2 Å². The van der Waals surface area contributed by atoms with Crippen molar-refractivity contribution in [2.45, 2.75) is 24.7 Å². The number of nitrogens with zero attached hydrogens (tertiary/aromatic N) is 1. The van der Waals surface area contributed by atoms with Gasteiger partial charge in [-0.3, -0.25) is 9.59 Å². The van der Waals surface area contributed by atoms with Crippen molar-refractivity contribution in [2.75, 3.05) is 18.4 Å². The molecule has 1 amide bonds. The average Bonchev–Trinajstić information content (AvgIpc) is 2.75. The number of piperidine rings is 1. The van der Waals surface area contributed by atoms with Gasteiger partial charge in [0.05, 0.1) is 10.3 Å². The first-order valence-corrected chi connectivity index (χ1v) is 11.7. The molecule has 7 nitrogen and oxygen atoms in total. The average molecular weight is 461 g/mol. The number of rotatable bonds is 4. The zero-order valence-electron chi connectivity index (χ0n) is 16.8. The van der Waals surface area contributed by atoms with Crippen LogP contribution in [0.4, 0.5) is 5.69 Å². The van der Waals surface area contributed by atoms with Crippen LogP contribution < -0.4 is 10.7 Å². The van der Waals surface area contributed by atoms with Crippen molar-refractivity contribution in [3.8, 4) is 0 Å². The largest absolute Gasteiger partial charge is 0.451 e. The molecule has 2 heterocycles. The van der Waals surface area contributed by atoms with Gasteiger partial charge in [0.25, 0.3) is 5.91 Å². The molecule has 162 valence electrons. The van der Waals surface area contributed by atoms with E-state index in [1.807, 2.05) is 0 Å². The lowest BCUT2D eigenvalue weighted by Gasteiger charge is -2.29. The number of benzene rings is 2. The van der Waals surface area contributed by atoms with E-state index in [2.05, 4.69) is 12.2 Å². The molecule has 0 aliphatic carbocycles. The van der Waals surface area contributed by atoms with E-state index in [1.54, 1.807) is 6.07 Å². The van der Waals surface area contributed by atoms with Crippen molar-refractivity contribution in [1.29, 1.82) is 0 Å². The topological polar surface area (TPSA) is 96.7 Å². The quantitative estimate of drug-likeness (QED) is 0.631. The summed E-state index contributed by atoms with van der Waals surface area (Å²) in [6.07, 6.45) is 1.69. The number of halogens is 1. The number of hydrogen-bond acceptors (Lipinski definition) is 5. The van der Waals surface area contributed by atoms with Crippen molar-refractivity contribution in [1.82, 2.24) is 4.31 Å². The molecule has 3 aromatic rings. The number of amides is 1. The number of sulfonamides is 1. The van der Waals surface area contributed by atoms with E-state index in [0.717, 1.165) is 18.9 Å². The van der Waals surface area contributed by atoms with Crippen LogP contribution >= 0.6 is 11.6 Å². The fourth-order valence-electron chi connectivity index (χ4n) is 3.52. The molecule has 0 radical (unpaired) electrons. The Hall–Kier alpha value is -2.68. The summed E-state index contributed by atoms with van der Waals surface area (Å²) in [5, 5.41) is 3.30. The highest BCUT2D eigenvalue weighted by Gasteiger charge is 2.28. The molecule has 31 heavy (non-hydrogen) atoms. The molecule has 1 N–H and O–H groups in total. The molecule has 1 aliphatic rings.